The van der Waals surface area contributed by atoms with Crippen LogP contribution in [0.5, 0.6) is 0 Å². The molecule has 0 aromatic carbocycles. The summed E-state index contributed by atoms with van der Waals surface area (Å²) in [5.74, 6) is -0.464. The van der Waals surface area contributed by atoms with Gasteiger partial charge in [-0.2, -0.15) is 0 Å². The maximum Gasteiger partial charge on any atom is 0.361 e. The summed E-state index contributed by atoms with van der Waals surface area (Å²) in [5.41, 5.74) is 0.977. The number of carbonyl (C=O) groups excluding carboxylic acids is 1. The lowest BCUT2D eigenvalue weighted by Crippen LogP contribution is -2.08. The van der Waals surface area contributed by atoms with E-state index in [1.807, 2.05) is 6.92 Å². The maximum atomic E-state index is 11.8. The zero-order valence-corrected chi connectivity index (χ0v) is 12.4. The van der Waals surface area contributed by atoms with Gasteiger partial charge < -0.3 is 4.74 Å². The van der Waals surface area contributed by atoms with Crippen LogP contribution in [0.2, 0.25) is 0 Å². The number of aromatic nitrogens is 3. The molecule has 20 heavy (non-hydrogen) atoms. The van der Waals surface area contributed by atoms with Gasteiger partial charge in [-0.25, -0.2) is 9.48 Å². The predicted molar refractivity (Wildman–Crippen MR) is 78.0 cm³/mol. The van der Waals surface area contributed by atoms with Crippen LogP contribution in [-0.2, 0) is 17.7 Å². The van der Waals surface area contributed by atoms with Gasteiger partial charge in [-0.1, -0.05) is 24.8 Å². The molecule has 0 saturated carbocycles. The molecule has 106 valence electrons. The normalized spacial score (nSPS) is 10.5. The van der Waals surface area contributed by atoms with Crippen molar-refractivity contribution >= 4 is 17.3 Å². The minimum Gasteiger partial charge on any atom is -0.457 e. The zero-order valence-electron chi connectivity index (χ0n) is 11.6. The second-order valence-electron chi connectivity index (χ2n) is 4.29. The zero-order chi connectivity index (χ0) is 14.5. The van der Waals surface area contributed by atoms with Crippen molar-refractivity contribution in [2.24, 2.45) is 0 Å². The summed E-state index contributed by atoms with van der Waals surface area (Å²) in [6, 6.07) is 4.20. The van der Waals surface area contributed by atoms with E-state index in [9.17, 15) is 4.79 Å². The first-order valence-corrected chi connectivity index (χ1v) is 7.23. The second-order valence-corrected chi connectivity index (χ2v) is 5.54. The van der Waals surface area contributed by atoms with Gasteiger partial charge in [0.25, 0.3) is 0 Å². The third-order valence-electron chi connectivity index (χ3n) is 2.88. The Labute approximate surface area is 121 Å². The first-order valence-electron chi connectivity index (χ1n) is 6.41. The van der Waals surface area contributed by atoms with Gasteiger partial charge in [0.15, 0.2) is 5.69 Å². The Balaban J connectivity index is 2.12. The van der Waals surface area contributed by atoms with Crippen molar-refractivity contribution in [3.05, 3.63) is 45.9 Å². The maximum absolute atomic E-state index is 11.8. The summed E-state index contributed by atoms with van der Waals surface area (Å²) in [7, 11) is 0. The topological polar surface area (TPSA) is 57.0 Å². The van der Waals surface area contributed by atoms with Crippen molar-refractivity contribution in [2.45, 2.75) is 26.8 Å². The average molecular weight is 291 g/mol. The molecule has 0 amide bonds. The molecule has 0 aliphatic carbocycles. The fourth-order valence-electron chi connectivity index (χ4n) is 1.75. The van der Waals surface area contributed by atoms with Crippen LogP contribution in [0, 0.1) is 6.92 Å². The molecular weight excluding hydrogens is 274 g/mol. The van der Waals surface area contributed by atoms with E-state index >= 15 is 0 Å². The molecule has 0 fully saturated rings. The van der Waals surface area contributed by atoms with Crippen LogP contribution in [-0.4, -0.2) is 27.6 Å². The standard InChI is InChI=1S/C14H17N3O2S/c1-4-8-19-14(18)13-10(3)17(16-15-13)9-12-7-6-11(5-2)20-12/h4,6-7H,1,5,8-9H2,2-3H3. The highest BCUT2D eigenvalue weighted by molar-refractivity contribution is 7.11. The van der Waals surface area contributed by atoms with Gasteiger partial charge in [0, 0.05) is 9.75 Å². The molecule has 0 saturated heterocycles. The summed E-state index contributed by atoms with van der Waals surface area (Å²) in [5, 5.41) is 7.92. The van der Waals surface area contributed by atoms with Gasteiger partial charge in [0.2, 0.25) is 0 Å². The number of esters is 1. The highest BCUT2D eigenvalue weighted by atomic mass is 32.1. The monoisotopic (exact) mass is 291 g/mol. The lowest BCUT2D eigenvalue weighted by Gasteiger charge is -2.02. The van der Waals surface area contributed by atoms with Crippen LogP contribution in [0.4, 0.5) is 0 Å². The van der Waals surface area contributed by atoms with Crippen LogP contribution in [0.25, 0.3) is 0 Å². The third-order valence-corrected chi connectivity index (χ3v) is 4.09. The van der Waals surface area contributed by atoms with E-state index in [0.717, 1.165) is 6.42 Å². The van der Waals surface area contributed by atoms with Crippen molar-refractivity contribution in [1.82, 2.24) is 15.0 Å². The molecular formula is C14H17N3O2S. The Bertz CT molecular complexity index is 616. The lowest BCUT2D eigenvalue weighted by atomic mass is 10.3. The Morgan fingerprint density at radius 3 is 2.90 bits per heavy atom. The van der Waals surface area contributed by atoms with Crippen LogP contribution in [0.15, 0.2) is 24.8 Å². The van der Waals surface area contributed by atoms with Gasteiger partial charge in [0.05, 0.1) is 12.2 Å². The van der Waals surface area contributed by atoms with Gasteiger partial charge >= 0.3 is 5.97 Å². The number of hydrogen-bond acceptors (Lipinski definition) is 5. The van der Waals surface area contributed by atoms with Gasteiger partial charge in [-0.05, 0) is 25.5 Å². The van der Waals surface area contributed by atoms with Crippen LogP contribution < -0.4 is 0 Å². The lowest BCUT2D eigenvalue weighted by molar-refractivity contribution is 0.0542. The van der Waals surface area contributed by atoms with Crippen LogP contribution in [0.3, 0.4) is 0 Å². The summed E-state index contributed by atoms with van der Waals surface area (Å²) in [6.07, 6.45) is 2.55. The molecule has 0 radical (unpaired) electrons. The highest BCUT2D eigenvalue weighted by Crippen LogP contribution is 2.18. The largest absolute Gasteiger partial charge is 0.457 e. The van der Waals surface area contributed by atoms with E-state index in [1.165, 1.54) is 15.8 Å². The van der Waals surface area contributed by atoms with Gasteiger partial charge in [0.1, 0.15) is 6.61 Å². The van der Waals surface area contributed by atoms with E-state index in [0.29, 0.717) is 12.2 Å². The Morgan fingerprint density at radius 1 is 1.50 bits per heavy atom. The quantitative estimate of drug-likeness (QED) is 0.606. The molecule has 0 aliphatic heterocycles. The van der Waals surface area contributed by atoms with E-state index in [-0.39, 0.29) is 12.3 Å². The van der Waals surface area contributed by atoms with E-state index in [1.54, 1.807) is 16.0 Å². The molecule has 2 aromatic rings. The Kier molecular flexibility index (Phi) is 4.68. The fraction of sp³-hybridized carbons (Fsp3) is 0.357. The van der Waals surface area contributed by atoms with Crippen molar-refractivity contribution in [1.29, 1.82) is 0 Å². The minimum absolute atomic E-state index is 0.177. The number of rotatable bonds is 6. The highest BCUT2D eigenvalue weighted by Gasteiger charge is 2.17. The van der Waals surface area contributed by atoms with Crippen molar-refractivity contribution < 1.29 is 9.53 Å². The molecule has 5 nitrogen and oxygen atoms in total. The first kappa shape index (κ1) is 14.5. The number of aryl methyl sites for hydroxylation is 1. The SMILES string of the molecule is C=CCOC(=O)c1nnn(Cc2ccc(CC)s2)c1C. The van der Waals surface area contributed by atoms with Crippen LogP contribution in [0.1, 0.15) is 32.9 Å². The number of nitrogens with zero attached hydrogens (tertiary/aromatic N) is 3. The number of ether oxygens (including phenoxy) is 1. The van der Waals surface area contributed by atoms with E-state index in [4.69, 9.17) is 4.74 Å². The molecule has 0 atom stereocenters. The van der Waals surface area contributed by atoms with Gasteiger partial charge in [-0.3, -0.25) is 0 Å². The predicted octanol–water partition coefficient (Wildman–Crippen LogP) is 2.60. The number of hydrogen-bond donors (Lipinski definition) is 0. The third kappa shape index (κ3) is 3.14. The molecule has 2 heterocycles. The van der Waals surface area contributed by atoms with Gasteiger partial charge in [-0.15, -0.1) is 16.4 Å². The Morgan fingerprint density at radius 2 is 2.25 bits per heavy atom. The molecule has 0 N–H and O–H groups in total. The molecule has 2 aromatic heterocycles. The number of carbonyl (C=O) groups is 1. The minimum atomic E-state index is -0.464. The second kappa shape index (κ2) is 6.47. The summed E-state index contributed by atoms with van der Waals surface area (Å²) in [4.78, 5) is 14.3. The van der Waals surface area contributed by atoms with Crippen molar-refractivity contribution in [2.75, 3.05) is 6.61 Å². The Hall–Kier alpha value is -1.95. The molecule has 6 heteroatoms. The summed E-state index contributed by atoms with van der Waals surface area (Å²) in [6.45, 7) is 8.25. The average Bonchev–Trinajstić information content (AvgIpc) is 3.04. The van der Waals surface area contributed by atoms with Crippen molar-refractivity contribution in [3.8, 4) is 0 Å². The molecule has 2 rings (SSSR count). The van der Waals surface area contributed by atoms with Crippen molar-refractivity contribution in [3.63, 3.8) is 0 Å². The molecule has 0 unspecified atom stereocenters. The number of thiophene rings is 1. The molecule has 0 bridgehead atoms. The fourth-order valence-corrected chi connectivity index (χ4v) is 2.69. The smallest absolute Gasteiger partial charge is 0.361 e. The summed E-state index contributed by atoms with van der Waals surface area (Å²) >= 11 is 1.75. The molecule has 0 aliphatic rings. The van der Waals surface area contributed by atoms with E-state index < -0.39 is 5.97 Å². The first-order chi connectivity index (χ1) is 9.65. The summed E-state index contributed by atoms with van der Waals surface area (Å²) < 4.78 is 6.69. The molecule has 0 spiro atoms. The van der Waals surface area contributed by atoms with Crippen LogP contribution >= 0.6 is 11.3 Å². The van der Waals surface area contributed by atoms with E-state index in [2.05, 4.69) is 35.9 Å².